The van der Waals surface area contributed by atoms with Crippen molar-refractivity contribution in [1.82, 2.24) is 0 Å². The summed E-state index contributed by atoms with van der Waals surface area (Å²) in [6.07, 6.45) is -1.28. The monoisotopic (exact) mass is 223 g/mol. The van der Waals surface area contributed by atoms with Gasteiger partial charge in [-0.3, -0.25) is 0 Å². The van der Waals surface area contributed by atoms with Gasteiger partial charge in [0.1, 0.15) is 10.8 Å². The van der Waals surface area contributed by atoms with Gasteiger partial charge in [0.25, 0.3) is 0 Å². The average Bonchev–Trinajstić information content (AvgIpc) is 2.19. The van der Waals surface area contributed by atoms with Crippen LogP contribution in [0.5, 0.6) is 5.75 Å². The van der Waals surface area contributed by atoms with Crippen LogP contribution in [-0.2, 0) is 0 Å². The van der Waals surface area contributed by atoms with Gasteiger partial charge in [-0.1, -0.05) is 11.6 Å². The Bertz CT molecular complexity index is 360. The highest BCUT2D eigenvalue weighted by molar-refractivity contribution is 6.32. The number of aromatic hydroxyl groups is 1. The van der Waals surface area contributed by atoms with Crippen LogP contribution in [0, 0.1) is 11.6 Å². The quantitative estimate of drug-likeness (QED) is 0.663. The van der Waals surface area contributed by atoms with Crippen molar-refractivity contribution in [2.45, 2.75) is 6.10 Å². The zero-order chi connectivity index (χ0) is 10.9. The van der Waals surface area contributed by atoms with E-state index in [1.807, 2.05) is 0 Å². The number of rotatable bonds is 2. The zero-order valence-corrected chi connectivity index (χ0v) is 7.72. The number of benzene rings is 1. The van der Waals surface area contributed by atoms with E-state index in [2.05, 4.69) is 0 Å². The first-order valence-electron chi connectivity index (χ1n) is 3.73. The first-order chi connectivity index (χ1) is 6.49. The van der Waals surface area contributed by atoms with Gasteiger partial charge in [-0.05, 0) is 6.07 Å². The number of phenols is 1. The lowest BCUT2D eigenvalue weighted by molar-refractivity contribution is 0.182. The molecular formula is C8H8ClF2NO2. The van der Waals surface area contributed by atoms with E-state index in [9.17, 15) is 19.0 Å². The molecule has 78 valence electrons. The second-order valence-electron chi connectivity index (χ2n) is 2.68. The molecule has 0 fully saturated rings. The fourth-order valence-electron chi connectivity index (χ4n) is 0.985. The molecule has 0 amide bonds. The molecule has 0 saturated heterocycles. The molecule has 3 nitrogen and oxygen atoms in total. The molecule has 1 aromatic rings. The molecule has 0 aliphatic carbocycles. The number of nitrogens with two attached hydrogens (primary N) is 1. The van der Waals surface area contributed by atoms with Gasteiger partial charge in [-0.25, -0.2) is 8.78 Å². The second kappa shape index (κ2) is 4.08. The Balaban J connectivity index is 3.33. The summed E-state index contributed by atoms with van der Waals surface area (Å²) in [7, 11) is 0. The van der Waals surface area contributed by atoms with E-state index in [-0.39, 0.29) is 12.1 Å². The lowest BCUT2D eigenvalue weighted by Gasteiger charge is -2.11. The molecular weight excluding hydrogens is 216 g/mol. The Labute approximate surface area is 83.7 Å². The third kappa shape index (κ3) is 1.79. The van der Waals surface area contributed by atoms with Crippen molar-refractivity contribution in [1.29, 1.82) is 0 Å². The van der Waals surface area contributed by atoms with Crippen molar-refractivity contribution < 1.29 is 19.0 Å². The summed E-state index contributed by atoms with van der Waals surface area (Å²) < 4.78 is 25.6. The third-order valence-corrected chi connectivity index (χ3v) is 2.09. The van der Waals surface area contributed by atoms with Crippen molar-refractivity contribution in [3.05, 3.63) is 28.3 Å². The molecule has 0 radical (unpaired) electrons. The maximum Gasteiger partial charge on any atom is 0.181 e. The van der Waals surface area contributed by atoms with Crippen molar-refractivity contribution in [2.75, 3.05) is 6.54 Å². The Morgan fingerprint density at radius 1 is 1.50 bits per heavy atom. The van der Waals surface area contributed by atoms with E-state index in [0.29, 0.717) is 6.07 Å². The standard InChI is InChI=1S/C8H8ClF2NO2/c9-6-7(11)4(10)1-3(8(6)14)5(13)2-12/h1,5,13-14H,2,12H2. The van der Waals surface area contributed by atoms with Crippen molar-refractivity contribution in [3.8, 4) is 5.75 Å². The lowest BCUT2D eigenvalue weighted by Crippen LogP contribution is -2.12. The fourth-order valence-corrected chi connectivity index (χ4v) is 1.18. The van der Waals surface area contributed by atoms with Gasteiger partial charge >= 0.3 is 0 Å². The van der Waals surface area contributed by atoms with Crippen LogP contribution in [0.2, 0.25) is 5.02 Å². The minimum Gasteiger partial charge on any atom is -0.506 e. The van der Waals surface area contributed by atoms with Gasteiger partial charge < -0.3 is 15.9 Å². The van der Waals surface area contributed by atoms with Gasteiger partial charge in [-0.15, -0.1) is 0 Å². The first kappa shape index (κ1) is 11.2. The Morgan fingerprint density at radius 3 is 2.57 bits per heavy atom. The Kier molecular flexibility index (Phi) is 3.25. The lowest BCUT2D eigenvalue weighted by atomic mass is 10.1. The summed E-state index contributed by atoms with van der Waals surface area (Å²) in [5.74, 6) is -3.28. The fraction of sp³-hybridized carbons (Fsp3) is 0.250. The molecule has 6 heteroatoms. The molecule has 0 aromatic heterocycles. The molecule has 14 heavy (non-hydrogen) atoms. The van der Waals surface area contributed by atoms with E-state index in [4.69, 9.17) is 17.3 Å². The second-order valence-corrected chi connectivity index (χ2v) is 3.05. The van der Waals surface area contributed by atoms with Crippen LogP contribution < -0.4 is 5.73 Å². The number of halogens is 3. The first-order valence-corrected chi connectivity index (χ1v) is 4.11. The van der Waals surface area contributed by atoms with Crippen LogP contribution in [0.15, 0.2) is 6.07 Å². The van der Waals surface area contributed by atoms with Gasteiger partial charge in [0.15, 0.2) is 11.6 Å². The SMILES string of the molecule is NCC(O)c1cc(F)c(F)c(Cl)c1O. The normalized spacial score (nSPS) is 12.9. The molecule has 0 aliphatic rings. The van der Waals surface area contributed by atoms with Crippen LogP contribution >= 0.6 is 11.6 Å². The number of aliphatic hydroxyl groups is 1. The molecule has 4 N–H and O–H groups in total. The summed E-state index contributed by atoms with van der Waals surface area (Å²) in [5.41, 5.74) is 4.87. The number of hydrogen-bond acceptors (Lipinski definition) is 3. The Morgan fingerprint density at radius 2 is 2.07 bits per heavy atom. The van der Waals surface area contributed by atoms with Crippen LogP contribution in [-0.4, -0.2) is 16.8 Å². The van der Waals surface area contributed by atoms with Gasteiger partial charge in [0.05, 0.1) is 6.10 Å². The summed E-state index contributed by atoms with van der Waals surface area (Å²) in [6, 6.07) is 0.661. The molecule has 0 spiro atoms. The number of hydrogen-bond donors (Lipinski definition) is 3. The molecule has 0 aliphatic heterocycles. The van der Waals surface area contributed by atoms with E-state index in [0.717, 1.165) is 0 Å². The highest BCUT2D eigenvalue weighted by Crippen LogP contribution is 2.34. The number of aliphatic hydroxyl groups excluding tert-OH is 1. The van der Waals surface area contributed by atoms with Crippen molar-refractivity contribution in [2.24, 2.45) is 5.73 Å². The van der Waals surface area contributed by atoms with E-state index >= 15 is 0 Å². The predicted octanol–water partition coefficient (Wildman–Crippen LogP) is 1.32. The molecule has 1 aromatic carbocycles. The van der Waals surface area contributed by atoms with Gasteiger partial charge in [0, 0.05) is 12.1 Å². The average molecular weight is 224 g/mol. The van der Waals surface area contributed by atoms with Gasteiger partial charge in [-0.2, -0.15) is 0 Å². The largest absolute Gasteiger partial charge is 0.506 e. The topological polar surface area (TPSA) is 66.5 Å². The van der Waals surface area contributed by atoms with Crippen LogP contribution in [0.1, 0.15) is 11.7 Å². The van der Waals surface area contributed by atoms with Gasteiger partial charge in [0.2, 0.25) is 0 Å². The van der Waals surface area contributed by atoms with E-state index < -0.39 is 28.5 Å². The third-order valence-electron chi connectivity index (χ3n) is 1.75. The predicted molar refractivity (Wildman–Crippen MR) is 47.0 cm³/mol. The summed E-state index contributed by atoms with van der Waals surface area (Å²) >= 11 is 5.27. The van der Waals surface area contributed by atoms with E-state index in [1.54, 1.807) is 0 Å². The highest BCUT2D eigenvalue weighted by Gasteiger charge is 2.20. The molecule has 0 heterocycles. The highest BCUT2D eigenvalue weighted by atomic mass is 35.5. The van der Waals surface area contributed by atoms with Crippen molar-refractivity contribution >= 4 is 11.6 Å². The molecule has 1 rings (SSSR count). The Hall–Kier alpha value is -0.910. The molecule has 0 bridgehead atoms. The summed E-state index contributed by atoms with van der Waals surface area (Å²) in [5, 5.41) is 17.7. The minimum atomic E-state index is -1.35. The molecule has 0 saturated carbocycles. The van der Waals surface area contributed by atoms with Crippen LogP contribution in [0.4, 0.5) is 8.78 Å². The maximum atomic E-state index is 12.8. The zero-order valence-electron chi connectivity index (χ0n) is 6.97. The van der Waals surface area contributed by atoms with E-state index in [1.165, 1.54) is 0 Å². The smallest absolute Gasteiger partial charge is 0.181 e. The summed E-state index contributed by atoms with van der Waals surface area (Å²) in [4.78, 5) is 0. The summed E-state index contributed by atoms with van der Waals surface area (Å²) in [6.45, 7) is -0.227. The van der Waals surface area contributed by atoms with Crippen LogP contribution in [0.3, 0.4) is 0 Å². The maximum absolute atomic E-state index is 12.8. The van der Waals surface area contributed by atoms with Crippen molar-refractivity contribution in [3.63, 3.8) is 0 Å². The van der Waals surface area contributed by atoms with Crippen LogP contribution in [0.25, 0.3) is 0 Å². The number of phenolic OH excluding ortho intramolecular Hbond substituents is 1. The minimum absolute atomic E-state index is 0.226. The molecule has 1 atom stereocenters. The molecule has 1 unspecified atom stereocenters.